The average molecular weight is 337 g/mol. The van der Waals surface area contributed by atoms with Crippen LogP contribution in [0.15, 0.2) is 59.0 Å². The molecule has 1 N–H and O–H groups in total. The number of aromatic nitrogens is 1. The van der Waals surface area contributed by atoms with E-state index in [9.17, 15) is 0 Å². The van der Waals surface area contributed by atoms with Crippen LogP contribution < -0.4 is 0 Å². The summed E-state index contributed by atoms with van der Waals surface area (Å²) in [5.74, 6) is 0.845. The van der Waals surface area contributed by atoms with E-state index in [4.69, 9.17) is 16.6 Å². The third-order valence-electron chi connectivity index (χ3n) is 4.27. The van der Waals surface area contributed by atoms with Crippen LogP contribution in [0.4, 0.5) is 0 Å². The molecule has 1 heterocycles. The Kier molecular flexibility index (Phi) is 5.65. The number of rotatable bonds is 7. The highest BCUT2D eigenvalue weighted by Gasteiger charge is 2.15. The maximum atomic E-state index is 5.88. The number of hydrogen-bond donors (Lipinski definition) is 1. The van der Waals surface area contributed by atoms with Gasteiger partial charge in [0.15, 0.2) is 5.76 Å². The average Bonchev–Trinajstić information content (AvgIpc) is 3.01. The number of H-pyrrole nitrogens is 1. The van der Waals surface area contributed by atoms with Crippen LogP contribution in [0.5, 0.6) is 0 Å². The third kappa shape index (κ3) is 3.85. The lowest BCUT2D eigenvalue weighted by atomic mass is 9.97. The lowest BCUT2D eigenvalue weighted by Gasteiger charge is -2.09. The molecule has 0 saturated heterocycles. The van der Waals surface area contributed by atoms with Gasteiger partial charge in [-0.25, -0.2) is 0 Å². The summed E-state index contributed by atoms with van der Waals surface area (Å²) in [4.78, 5) is 3.63. The van der Waals surface area contributed by atoms with Crippen molar-refractivity contribution in [3.8, 4) is 22.6 Å². The van der Waals surface area contributed by atoms with Gasteiger partial charge >= 0.3 is 0 Å². The molecule has 24 heavy (non-hydrogen) atoms. The molecule has 0 atom stereocenters. The zero-order chi connectivity index (χ0) is 16.8. The molecule has 0 amide bonds. The number of aryl methyl sites for hydroxylation is 1. The Labute approximate surface area is 148 Å². The van der Waals surface area contributed by atoms with E-state index in [-0.39, 0.29) is 0 Å². The summed E-state index contributed by atoms with van der Waals surface area (Å²) in [7, 11) is 0. The highest BCUT2D eigenvalue weighted by atomic mass is 32.1. The van der Waals surface area contributed by atoms with Gasteiger partial charge in [0.2, 0.25) is 0 Å². The van der Waals surface area contributed by atoms with Crippen LogP contribution in [0.2, 0.25) is 0 Å². The summed E-state index contributed by atoms with van der Waals surface area (Å²) in [6, 6.07) is 18.7. The van der Waals surface area contributed by atoms with Gasteiger partial charge in [0.1, 0.15) is 0 Å². The van der Waals surface area contributed by atoms with Gasteiger partial charge in [-0.3, -0.25) is 0 Å². The Balaban J connectivity index is 1.97. The fourth-order valence-electron chi connectivity index (χ4n) is 3.03. The topological polar surface area (TPSA) is 28.9 Å². The predicted octanol–water partition coefficient (Wildman–Crippen LogP) is 6.79. The highest BCUT2D eigenvalue weighted by Crippen LogP contribution is 2.34. The van der Waals surface area contributed by atoms with Crippen molar-refractivity contribution in [2.45, 2.75) is 39.0 Å². The molecule has 2 aromatic carbocycles. The van der Waals surface area contributed by atoms with Crippen LogP contribution in [0.1, 0.15) is 38.2 Å². The number of oxazole rings is 1. The molecule has 0 aliphatic carbocycles. The molecule has 3 heteroatoms. The number of aromatic amines is 1. The van der Waals surface area contributed by atoms with Crippen molar-refractivity contribution in [1.82, 2.24) is 4.98 Å². The fourth-order valence-corrected chi connectivity index (χ4v) is 3.21. The Hall–Kier alpha value is -2.13. The molecule has 3 rings (SSSR count). The molecule has 0 spiro atoms. The van der Waals surface area contributed by atoms with Crippen LogP contribution in [0.3, 0.4) is 0 Å². The number of nitrogens with one attached hydrogen (secondary N) is 1. The summed E-state index contributed by atoms with van der Waals surface area (Å²) in [6.45, 7) is 2.24. The summed E-state index contributed by atoms with van der Waals surface area (Å²) in [5, 5.41) is 0. The van der Waals surface area contributed by atoms with Crippen LogP contribution >= 0.6 is 12.2 Å². The van der Waals surface area contributed by atoms with Gasteiger partial charge in [-0.15, -0.1) is 0 Å². The molecular formula is C21H23NOS. The summed E-state index contributed by atoms with van der Waals surface area (Å²) in [5.41, 5.74) is 4.51. The Morgan fingerprint density at radius 1 is 0.917 bits per heavy atom. The maximum absolute atomic E-state index is 5.88. The van der Waals surface area contributed by atoms with E-state index in [1.54, 1.807) is 0 Å². The summed E-state index contributed by atoms with van der Waals surface area (Å²) < 4.78 is 5.88. The first kappa shape index (κ1) is 16.7. The SMILES string of the molecule is CCCCCCc1ccccc1-c1oc(=S)[nH]c1-c1ccccc1. The molecule has 0 aliphatic heterocycles. The molecule has 0 bridgehead atoms. The molecule has 3 aromatic rings. The quantitative estimate of drug-likeness (QED) is 0.379. The normalized spacial score (nSPS) is 10.9. The number of benzene rings is 2. The van der Waals surface area contributed by atoms with Crippen LogP contribution in [0.25, 0.3) is 22.6 Å². The fraction of sp³-hybridized carbons (Fsp3) is 0.286. The molecule has 0 aliphatic rings. The summed E-state index contributed by atoms with van der Waals surface area (Å²) >= 11 is 5.26. The molecule has 0 unspecified atom stereocenters. The van der Waals surface area contributed by atoms with E-state index in [0.717, 1.165) is 29.0 Å². The summed E-state index contributed by atoms with van der Waals surface area (Å²) in [6.07, 6.45) is 6.09. The molecule has 0 saturated carbocycles. The van der Waals surface area contributed by atoms with Crippen molar-refractivity contribution >= 4 is 12.2 Å². The first-order valence-electron chi connectivity index (χ1n) is 8.66. The molecule has 124 valence electrons. The molecule has 0 radical (unpaired) electrons. The van der Waals surface area contributed by atoms with Crippen LogP contribution in [0, 0.1) is 4.84 Å². The minimum atomic E-state index is 0.421. The van der Waals surface area contributed by atoms with E-state index in [1.807, 2.05) is 18.2 Å². The van der Waals surface area contributed by atoms with Gasteiger partial charge in [0.05, 0.1) is 5.69 Å². The molecular weight excluding hydrogens is 314 g/mol. The zero-order valence-electron chi connectivity index (χ0n) is 14.0. The van der Waals surface area contributed by atoms with E-state index in [2.05, 4.69) is 48.3 Å². The van der Waals surface area contributed by atoms with Gasteiger partial charge in [-0.2, -0.15) is 0 Å². The Bertz CT molecular complexity index is 832. The van der Waals surface area contributed by atoms with E-state index >= 15 is 0 Å². The lowest BCUT2D eigenvalue weighted by Crippen LogP contribution is -1.91. The largest absolute Gasteiger partial charge is 0.429 e. The van der Waals surface area contributed by atoms with Gasteiger partial charge < -0.3 is 9.40 Å². The van der Waals surface area contributed by atoms with Crippen molar-refractivity contribution < 1.29 is 4.42 Å². The van der Waals surface area contributed by atoms with Crippen molar-refractivity contribution in [3.05, 3.63) is 65.0 Å². The standard InChI is InChI=1S/C21H23NOS/c1-2-3-4-6-11-16-12-9-10-15-18(16)20-19(22-21(24)23-20)17-13-7-5-8-14-17/h5,7-10,12-15H,2-4,6,11H2,1H3,(H,22,24). The van der Waals surface area contributed by atoms with Crippen molar-refractivity contribution in [2.75, 3.05) is 0 Å². The van der Waals surface area contributed by atoms with Crippen molar-refractivity contribution in [1.29, 1.82) is 0 Å². The maximum Gasteiger partial charge on any atom is 0.266 e. The molecule has 0 fully saturated rings. The third-order valence-corrected chi connectivity index (χ3v) is 4.46. The smallest absolute Gasteiger partial charge is 0.266 e. The Morgan fingerprint density at radius 2 is 1.67 bits per heavy atom. The highest BCUT2D eigenvalue weighted by molar-refractivity contribution is 7.71. The van der Waals surface area contributed by atoms with Gasteiger partial charge in [0.25, 0.3) is 4.84 Å². The first-order chi connectivity index (χ1) is 11.8. The Morgan fingerprint density at radius 3 is 2.46 bits per heavy atom. The van der Waals surface area contributed by atoms with Crippen molar-refractivity contribution in [3.63, 3.8) is 0 Å². The lowest BCUT2D eigenvalue weighted by molar-refractivity contribution is 0.553. The van der Waals surface area contributed by atoms with E-state index in [0.29, 0.717) is 4.84 Å². The number of hydrogen-bond acceptors (Lipinski definition) is 2. The van der Waals surface area contributed by atoms with E-state index in [1.165, 1.54) is 31.2 Å². The first-order valence-corrected chi connectivity index (χ1v) is 9.07. The second kappa shape index (κ2) is 8.11. The van der Waals surface area contributed by atoms with Gasteiger partial charge in [0, 0.05) is 11.1 Å². The van der Waals surface area contributed by atoms with E-state index < -0.39 is 0 Å². The van der Waals surface area contributed by atoms with Crippen LogP contribution in [-0.4, -0.2) is 4.98 Å². The van der Waals surface area contributed by atoms with Crippen LogP contribution in [-0.2, 0) is 6.42 Å². The second-order valence-corrected chi connectivity index (χ2v) is 6.42. The van der Waals surface area contributed by atoms with Gasteiger partial charge in [-0.1, -0.05) is 80.8 Å². The monoisotopic (exact) mass is 337 g/mol. The molecule has 2 nitrogen and oxygen atoms in total. The van der Waals surface area contributed by atoms with Gasteiger partial charge in [-0.05, 0) is 30.6 Å². The predicted molar refractivity (Wildman–Crippen MR) is 103 cm³/mol. The number of unbranched alkanes of at least 4 members (excludes halogenated alkanes) is 3. The second-order valence-electron chi connectivity index (χ2n) is 6.05. The minimum Gasteiger partial charge on any atom is -0.429 e. The zero-order valence-corrected chi connectivity index (χ0v) is 14.9. The minimum absolute atomic E-state index is 0.421. The van der Waals surface area contributed by atoms with Crippen molar-refractivity contribution in [2.24, 2.45) is 0 Å². The molecule has 1 aromatic heterocycles.